The van der Waals surface area contributed by atoms with E-state index in [1.807, 2.05) is 24.3 Å². The van der Waals surface area contributed by atoms with E-state index in [1.54, 1.807) is 6.92 Å². The highest BCUT2D eigenvalue weighted by atomic mass is 16.1. The number of fused-ring (bicyclic) bond motifs is 3. The van der Waals surface area contributed by atoms with Gasteiger partial charge in [0.15, 0.2) is 5.65 Å². The molecule has 0 saturated heterocycles. The zero-order valence-electron chi connectivity index (χ0n) is 12.6. The number of hydrogen-bond acceptors (Lipinski definition) is 6. The second-order valence-corrected chi connectivity index (χ2v) is 5.23. The molecule has 0 aliphatic heterocycles. The Hall–Kier alpha value is -3.73. The number of pyridine rings is 1. The minimum atomic E-state index is -0.240. The molecule has 24 heavy (non-hydrogen) atoms. The van der Waals surface area contributed by atoms with E-state index in [0.29, 0.717) is 33.0 Å². The average Bonchev–Trinajstić information content (AvgIpc) is 3.22. The quantitative estimate of drug-likeness (QED) is 0.571. The molecule has 0 radical (unpaired) electrons. The van der Waals surface area contributed by atoms with Gasteiger partial charge < -0.3 is 0 Å². The van der Waals surface area contributed by atoms with Crippen molar-refractivity contribution in [1.29, 1.82) is 5.26 Å². The van der Waals surface area contributed by atoms with Gasteiger partial charge in [0.05, 0.1) is 21.8 Å². The van der Waals surface area contributed by atoms with Gasteiger partial charge >= 0.3 is 0 Å². The van der Waals surface area contributed by atoms with Crippen molar-refractivity contribution in [2.24, 2.45) is 0 Å². The lowest BCUT2D eigenvalue weighted by atomic mass is 10.1. The third-order valence-electron chi connectivity index (χ3n) is 3.89. The second kappa shape index (κ2) is 5.17. The third-order valence-corrected chi connectivity index (χ3v) is 3.89. The lowest BCUT2D eigenvalue weighted by molar-refractivity contribution is 0.964. The summed E-state index contributed by atoms with van der Waals surface area (Å²) in [5.41, 5.74) is 5.34. The molecule has 0 fully saturated rings. The fourth-order valence-corrected chi connectivity index (χ4v) is 2.69. The van der Waals surface area contributed by atoms with E-state index in [9.17, 15) is 10.1 Å². The van der Waals surface area contributed by atoms with Gasteiger partial charge in [-0.05, 0) is 24.6 Å². The summed E-state index contributed by atoms with van der Waals surface area (Å²) in [4.78, 5) is 17.4. The van der Waals surface area contributed by atoms with Crippen LogP contribution >= 0.6 is 0 Å². The number of nitrogens with zero attached hydrogens (tertiary/aromatic N) is 6. The highest BCUT2D eigenvalue weighted by Crippen LogP contribution is 2.17. The summed E-state index contributed by atoms with van der Waals surface area (Å²) in [5.74, 6) is 0. The first-order chi connectivity index (χ1) is 11.7. The molecule has 0 unspecified atom stereocenters. The number of benzene rings is 1. The van der Waals surface area contributed by atoms with E-state index in [2.05, 4.69) is 26.7 Å². The van der Waals surface area contributed by atoms with Crippen LogP contribution in [0.4, 0.5) is 0 Å². The number of nitrogens with one attached hydrogen (secondary N) is 1. The van der Waals surface area contributed by atoms with Crippen LogP contribution in [0.1, 0.15) is 11.1 Å². The molecule has 8 nitrogen and oxygen atoms in total. The second-order valence-electron chi connectivity index (χ2n) is 5.23. The first kappa shape index (κ1) is 13.9. The van der Waals surface area contributed by atoms with Crippen LogP contribution in [0.5, 0.6) is 0 Å². The molecule has 0 bridgehead atoms. The van der Waals surface area contributed by atoms with Crippen molar-refractivity contribution in [2.75, 3.05) is 5.43 Å². The highest BCUT2D eigenvalue weighted by molar-refractivity contribution is 5.82. The fraction of sp³-hybridized carbons (Fsp3) is 0.0625. The molecule has 1 N–H and O–H groups in total. The van der Waals surface area contributed by atoms with E-state index in [-0.39, 0.29) is 5.56 Å². The Balaban J connectivity index is 2.11. The molecular weight excluding hydrogens is 306 g/mol. The van der Waals surface area contributed by atoms with Crippen LogP contribution < -0.4 is 16.2 Å². The van der Waals surface area contributed by atoms with Crippen LogP contribution in [0, 0.1) is 18.3 Å². The van der Waals surface area contributed by atoms with Crippen LogP contribution in [0.25, 0.3) is 22.9 Å². The SMILES string of the molecule is Cc1c(C#N)c2nc3ccccc3n2c(=O)/c1=C/Nn1cnnc1. The summed E-state index contributed by atoms with van der Waals surface area (Å²) in [6.07, 6.45) is 4.47. The molecule has 0 aliphatic rings. The van der Waals surface area contributed by atoms with Gasteiger partial charge in [-0.1, -0.05) is 12.1 Å². The van der Waals surface area contributed by atoms with E-state index in [4.69, 9.17) is 0 Å². The molecule has 0 atom stereocenters. The molecule has 1 aromatic carbocycles. The molecular formula is C16H11N7O. The number of imidazole rings is 1. The Labute approximate surface area is 135 Å². The minimum absolute atomic E-state index is 0.240. The number of aromatic nitrogens is 5. The Morgan fingerprint density at radius 3 is 2.75 bits per heavy atom. The maximum Gasteiger partial charge on any atom is 0.265 e. The molecule has 0 saturated carbocycles. The standard InChI is InChI=1S/C16H11N7O/c1-10-11(6-17)15-21-13-4-2-3-5-14(13)23(15)16(24)12(10)7-20-22-8-18-19-9-22/h2-5,7-9,20H,1H3/b12-7+. The first-order valence-corrected chi connectivity index (χ1v) is 7.16. The van der Waals surface area contributed by atoms with Crippen LogP contribution in [-0.2, 0) is 0 Å². The summed E-state index contributed by atoms with van der Waals surface area (Å²) in [6.45, 7) is 1.74. The first-order valence-electron chi connectivity index (χ1n) is 7.16. The van der Waals surface area contributed by atoms with E-state index in [0.717, 1.165) is 0 Å². The van der Waals surface area contributed by atoms with Crippen molar-refractivity contribution in [2.45, 2.75) is 6.92 Å². The monoisotopic (exact) mass is 317 g/mol. The smallest absolute Gasteiger partial charge is 0.265 e. The third kappa shape index (κ3) is 1.92. The van der Waals surface area contributed by atoms with E-state index in [1.165, 1.54) is 27.9 Å². The Morgan fingerprint density at radius 1 is 1.25 bits per heavy atom. The zero-order valence-corrected chi connectivity index (χ0v) is 12.6. The van der Waals surface area contributed by atoms with Crippen LogP contribution in [0.15, 0.2) is 41.7 Å². The lowest BCUT2D eigenvalue weighted by Gasteiger charge is -2.04. The summed E-state index contributed by atoms with van der Waals surface area (Å²) >= 11 is 0. The number of nitriles is 1. The molecule has 8 heteroatoms. The minimum Gasteiger partial charge on any atom is -0.298 e. The molecule has 3 aromatic heterocycles. The number of hydrogen-bond donors (Lipinski definition) is 1. The van der Waals surface area contributed by atoms with Crippen molar-refractivity contribution >= 4 is 22.9 Å². The van der Waals surface area contributed by atoms with Crippen molar-refractivity contribution in [3.05, 3.63) is 63.6 Å². The van der Waals surface area contributed by atoms with Gasteiger partial charge in [-0.2, -0.15) is 5.26 Å². The molecule has 0 amide bonds. The van der Waals surface area contributed by atoms with Gasteiger partial charge in [0, 0.05) is 6.20 Å². The molecule has 4 rings (SSSR count). The Kier molecular flexibility index (Phi) is 2.99. The van der Waals surface area contributed by atoms with Crippen molar-refractivity contribution in [3.63, 3.8) is 0 Å². The average molecular weight is 317 g/mol. The predicted molar refractivity (Wildman–Crippen MR) is 87.5 cm³/mol. The molecule has 0 spiro atoms. The van der Waals surface area contributed by atoms with Crippen LogP contribution in [-0.4, -0.2) is 24.3 Å². The topological polar surface area (TPSA) is 101 Å². The van der Waals surface area contributed by atoms with E-state index < -0.39 is 0 Å². The molecule has 4 aromatic rings. The number of rotatable bonds is 2. The Morgan fingerprint density at radius 2 is 2.00 bits per heavy atom. The zero-order chi connectivity index (χ0) is 16.7. The maximum absolute atomic E-state index is 13.0. The maximum atomic E-state index is 13.0. The lowest BCUT2D eigenvalue weighted by Crippen LogP contribution is -2.35. The number of para-hydroxylation sites is 2. The summed E-state index contributed by atoms with van der Waals surface area (Å²) in [7, 11) is 0. The van der Waals surface area contributed by atoms with Crippen LogP contribution in [0.2, 0.25) is 0 Å². The molecule has 0 aliphatic carbocycles. The normalized spacial score (nSPS) is 11.9. The van der Waals surface area contributed by atoms with E-state index >= 15 is 0 Å². The summed E-state index contributed by atoms with van der Waals surface area (Å²) in [5, 5.41) is 17.3. The summed E-state index contributed by atoms with van der Waals surface area (Å²) < 4.78 is 2.97. The van der Waals surface area contributed by atoms with Gasteiger partial charge in [-0.15, -0.1) is 10.2 Å². The van der Waals surface area contributed by atoms with Crippen molar-refractivity contribution in [1.82, 2.24) is 24.3 Å². The van der Waals surface area contributed by atoms with Crippen molar-refractivity contribution < 1.29 is 0 Å². The van der Waals surface area contributed by atoms with Gasteiger partial charge in [-0.3, -0.25) is 14.6 Å². The molecule has 116 valence electrons. The van der Waals surface area contributed by atoms with Crippen molar-refractivity contribution in [3.8, 4) is 6.07 Å². The predicted octanol–water partition coefficient (Wildman–Crippen LogP) is 0.320. The highest BCUT2D eigenvalue weighted by Gasteiger charge is 2.15. The van der Waals surface area contributed by atoms with Gasteiger partial charge in [0.25, 0.3) is 5.56 Å². The summed E-state index contributed by atoms with van der Waals surface area (Å²) in [6, 6.07) is 9.46. The fourth-order valence-electron chi connectivity index (χ4n) is 2.69. The Bertz CT molecular complexity index is 1220. The van der Waals surface area contributed by atoms with Crippen LogP contribution in [0.3, 0.4) is 0 Å². The largest absolute Gasteiger partial charge is 0.298 e. The van der Waals surface area contributed by atoms with Gasteiger partial charge in [-0.25, -0.2) is 9.66 Å². The van der Waals surface area contributed by atoms with Gasteiger partial charge in [0.1, 0.15) is 18.7 Å². The molecule has 3 heterocycles. The van der Waals surface area contributed by atoms with Gasteiger partial charge in [0.2, 0.25) is 0 Å².